The predicted octanol–water partition coefficient (Wildman–Crippen LogP) is -2.78. The Morgan fingerprint density at radius 2 is 1.39 bits per heavy atom. The van der Waals surface area contributed by atoms with Crippen LogP contribution in [-0.2, 0) is 4.74 Å². The van der Waals surface area contributed by atoms with Gasteiger partial charge in [0.15, 0.2) is 0 Å². The number of aliphatic hydroxyl groups excluding tert-OH is 5. The number of ether oxygens (including phenoxy) is 1. The lowest BCUT2D eigenvalue weighted by atomic mass is 9.73. The van der Waals surface area contributed by atoms with Gasteiger partial charge in [-0.2, -0.15) is 0 Å². The average molecular weight is 256 g/mol. The smallest absolute Gasteiger partial charge is 0.137 e. The van der Waals surface area contributed by atoms with Gasteiger partial charge >= 0.3 is 0 Å². The van der Waals surface area contributed by atoms with E-state index in [0.717, 1.165) is 0 Å². The van der Waals surface area contributed by atoms with E-state index >= 15 is 0 Å². The van der Waals surface area contributed by atoms with Crippen molar-refractivity contribution in [1.29, 1.82) is 0 Å². The molecule has 0 aromatic heterocycles. The molecule has 1 aliphatic rings. The summed E-state index contributed by atoms with van der Waals surface area (Å²) in [6, 6.07) is 0. The first-order valence-electron chi connectivity index (χ1n) is 5.33. The minimum atomic E-state index is -1.81. The van der Waals surface area contributed by atoms with Crippen LogP contribution in [0.2, 0.25) is 0 Å². The molecule has 0 radical (unpaired) electrons. The van der Waals surface area contributed by atoms with Gasteiger partial charge in [0, 0.05) is 6.42 Å². The van der Waals surface area contributed by atoms with Crippen LogP contribution in [0.4, 0.5) is 0 Å². The Kier molecular flexibility index (Phi) is 4.71. The van der Waals surface area contributed by atoms with Crippen molar-refractivity contribution >= 4 is 0 Å². The summed E-state index contributed by atoms with van der Waals surface area (Å²) in [5, 5.41) is 48.6. The fourth-order valence-corrected chi connectivity index (χ4v) is 2.10. The van der Waals surface area contributed by atoms with Crippen molar-refractivity contribution in [1.82, 2.24) is 0 Å². The summed E-state index contributed by atoms with van der Waals surface area (Å²) in [6.45, 7) is -0.272. The van der Waals surface area contributed by atoms with Crippen LogP contribution in [0.1, 0.15) is 6.42 Å². The molecule has 4 atom stereocenters. The molecule has 0 heterocycles. The third-order valence-corrected chi connectivity index (χ3v) is 3.15. The average Bonchev–Trinajstić information content (AvgIpc) is 2.38. The Hall–Kier alpha value is -1.12. The minimum Gasteiger partial charge on any atom is -0.387 e. The molecule has 4 unspecified atom stereocenters. The maximum absolute atomic E-state index is 9.93. The predicted molar refractivity (Wildman–Crippen MR) is 61.0 cm³/mol. The molecule has 1 saturated carbocycles. The summed E-state index contributed by atoms with van der Waals surface area (Å²) in [5.41, 5.74) is -1.81. The van der Waals surface area contributed by atoms with Crippen molar-refractivity contribution in [3.63, 3.8) is 0 Å². The van der Waals surface area contributed by atoms with Gasteiger partial charge in [0.1, 0.15) is 42.7 Å². The molecule has 1 rings (SSSR count). The molecule has 1 fully saturated rings. The van der Waals surface area contributed by atoms with Gasteiger partial charge < -0.3 is 30.3 Å². The van der Waals surface area contributed by atoms with Crippen LogP contribution in [0, 0.1) is 24.7 Å². The van der Waals surface area contributed by atoms with Gasteiger partial charge in [0.2, 0.25) is 0 Å². The zero-order valence-corrected chi connectivity index (χ0v) is 9.60. The van der Waals surface area contributed by atoms with Crippen LogP contribution in [-0.4, -0.2) is 68.3 Å². The molecule has 0 spiro atoms. The first kappa shape index (κ1) is 14.9. The number of terminal acetylenes is 2. The van der Waals surface area contributed by atoms with Gasteiger partial charge in [0.05, 0.1) is 0 Å². The summed E-state index contributed by atoms with van der Waals surface area (Å²) in [7, 11) is 0. The van der Waals surface area contributed by atoms with E-state index in [-0.39, 0.29) is 13.0 Å². The molecular formula is C12H16O6. The highest BCUT2D eigenvalue weighted by atomic mass is 16.5. The van der Waals surface area contributed by atoms with Crippen LogP contribution in [0.25, 0.3) is 0 Å². The van der Waals surface area contributed by atoms with E-state index in [1.807, 2.05) is 0 Å². The monoisotopic (exact) mass is 256 g/mol. The maximum Gasteiger partial charge on any atom is 0.137 e. The second kappa shape index (κ2) is 5.68. The van der Waals surface area contributed by atoms with E-state index in [1.165, 1.54) is 0 Å². The van der Waals surface area contributed by atoms with Crippen LogP contribution in [0.3, 0.4) is 0 Å². The zero-order valence-electron chi connectivity index (χ0n) is 9.60. The molecule has 6 nitrogen and oxygen atoms in total. The van der Waals surface area contributed by atoms with Crippen LogP contribution < -0.4 is 0 Å². The molecule has 18 heavy (non-hydrogen) atoms. The molecule has 0 amide bonds. The van der Waals surface area contributed by atoms with E-state index in [2.05, 4.69) is 11.8 Å². The highest BCUT2D eigenvalue weighted by Gasteiger charge is 2.58. The second-order valence-electron chi connectivity index (χ2n) is 4.19. The van der Waals surface area contributed by atoms with Gasteiger partial charge in [-0.05, 0) is 0 Å². The van der Waals surface area contributed by atoms with Crippen molar-refractivity contribution in [3.8, 4) is 24.7 Å². The molecule has 0 saturated heterocycles. The molecule has 6 heteroatoms. The topological polar surface area (TPSA) is 110 Å². The molecule has 0 aromatic rings. The Balaban J connectivity index is 3.12. The van der Waals surface area contributed by atoms with Crippen molar-refractivity contribution in [2.75, 3.05) is 6.61 Å². The van der Waals surface area contributed by atoms with Crippen molar-refractivity contribution in [2.45, 2.75) is 42.5 Å². The molecular weight excluding hydrogens is 240 g/mol. The Labute approximate surface area is 105 Å². The van der Waals surface area contributed by atoms with E-state index in [1.54, 1.807) is 0 Å². The number of aliphatic hydroxyl groups is 5. The van der Waals surface area contributed by atoms with Crippen molar-refractivity contribution in [3.05, 3.63) is 0 Å². The summed E-state index contributed by atoms with van der Waals surface area (Å²) in [5.74, 6) is 4.33. The molecule has 0 bridgehead atoms. The summed E-state index contributed by atoms with van der Waals surface area (Å²) in [4.78, 5) is 0. The Morgan fingerprint density at radius 3 is 1.78 bits per heavy atom. The largest absolute Gasteiger partial charge is 0.387 e. The van der Waals surface area contributed by atoms with Crippen molar-refractivity contribution < 1.29 is 30.3 Å². The molecule has 5 N–H and O–H groups in total. The minimum absolute atomic E-state index is 0.272. The van der Waals surface area contributed by atoms with E-state index < -0.39 is 36.1 Å². The zero-order chi connectivity index (χ0) is 13.9. The first-order chi connectivity index (χ1) is 8.42. The van der Waals surface area contributed by atoms with E-state index in [0.29, 0.717) is 0 Å². The highest BCUT2D eigenvalue weighted by molar-refractivity contribution is 5.14. The quantitative estimate of drug-likeness (QED) is 0.349. The molecule has 0 aliphatic heterocycles. The van der Waals surface area contributed by atoms with Gasteiger partial charge in [0.25, 0.3) is 0 Å². The summed E-state index contributed by atoms with van der Waals surface area (Å²) >= 11 is 0. The SMILES string of the molecule is C#CCOC1(CC#C)C(O)C(O)C(O)C(O)C1O. The summed E-state index contributed by atoms with van der Waals surface area (Å²) < 4.78 is 5.16. The highest BCUT2D eigenvalue weighted by Crippen LogP contribution is 2.35. The molecule has 100 valence electrons. The molecule has 1 aliphatic carbocycles. The van der Waals surface area contributed by atoms with Crippen molar-refractivity contribution in [2.24, 2.45) is 0 Å². The van der Waals surface area contributed by atoms with E-state index in [9.17, 15) is 25.5 Å². The van der Waals surface area contributed by atoms with E-state index in [4.69, 9.17) is 17.6 Å². The lowest BCUT2D eigenvalue weighted by Gasteiger charge is -2.49. The number of hydrogen-bond acceptors (Lipinski definition) is 6. The van der Waals surface area contributed by atoms with Crippen LogP contribution in [0.15, 0.2) is 0 Å². The van der Waals surface area contributed by atoms with Gasteiger partial charge in [-0.3, -0.25) is 0 Å². The third kappa shape index (κ3) is 2.23. The van der Waals surface area contributed by atoms with Crippen LogP contribution in [0.5, 0.6) is 0 Å². The van der Waals surface area contributed by atoms with Crippen LogP contribution >= 0.6 is 0 Å². The standard InChI is InChI=1S/C12H16O6/c1-3-5-12(18-6-4-2)10(16)8(14)7(13)9(15)11(12)17/h1-2,7-11,13-17H,5-6H2. The van der Waals surface area contributed by atoms with Gasteiger partial charge in [-0.25, -0.2) is 0 Å². The number of hydrogen-bond donors (Lipinski definition) is 5. The second-order valence-corrected chi connectivity index (χ2v) is 4.19. The lowest BCUT2D eigenvalue weighted by Crippen LogP contribution is -2.71. The Morgan fingerprint density at radius 1 is 0.889 bits per heavy atom. The normalized spacial score (nSPS) is 44.1. The first-order valence-corrected chi connectivity index (χ1v) is 5.33. The summed E-state index contributed by atoms with van der Waals surface area (Å²) in [6.07, 6.45) is 1.44. The van der Waals surface area contributed by atoms with Gasteiger partial charge in [-0.15, -0.1) is 18.8 Å². The fourth-order valence-electron chi connectivity index (χ4n) is 2.10. The fraction of sp³-hybridized carbons (Fsp3) is 0.667. The maximum atomic E-state index is 9.93. The Bertz CT molecular complexity index is 352. The van der Waals surface area contributed by atoms with Gasteiger partial charge in [-0.1, -0.05) is 5.92 Å². The third-order valence-electron chi connectivity index (χ3n) is 3.15. The number of rotatable bonds is 3. The molecule has 0 aromatic carbocycles. The lowest BCUT2D eigenvalue weighted by molar-refractivity contribution is -0.278.